The van der Waals surface area contributed by atoms with Crippen LogP contribution in [0.5, 0.6) is 0 Å². The Hall–Kier alpha value is -1.24. The summed E-state index contributed by atoms with van der Waals surface area (Å²) in [4.78, 5) is 3.80. The summed E-state index contributed by atoms with van der Waals surface area (Å²) >= 11 is 7.45. The van der Waals surface area contributed by atoms with E-state index in [1.165, 1.54) is 17.8 Å². The van der Waals surface area contributed by atoms with Crippen LogP contribution in [0.2, 0.25) is 5.02 Å². The fourth-order valence-electron chi connectivity index (χ4n) is 1.62. The highest BCUT2D eigenvalue weighted by Crippen LogP contribution is 2.31. The van der Waals surface area contributed by atoms with E-state index in [9.17, 15) is 13.2 Å². The summed E-state index contributed by atoms with van der Waals surface area (Å²) < 4.78 is 37.3. The molecule has 21 heavy (non-hydrogen) atoms. The van der Waals surface area contributed by atoms with Crippen LogP contribution in [0.3, 0.4) is 0 Å². The van der Waals surface area contributed by atoms with Crippen molar-refractivity contribution >= 4 is 23.4 Å². The van der Waals surface area contributed by atoms with Crippen LogP contribution in [0, 0.1) is 0 Å². The van der Waals surface area contributed by atoms with E-state index in [1.54, 1.807) is 6.07 Å². The second kappa shape index (κ2) is 6.68. The summed E-state index contributed by atoms with van der Waals surface area (Å²) in [5.74, 6) is 0.530. The van der Waals surface area contributed by atoms with E-state index in [4.69, 9.17) is 17.3 Å². The van der Waals surface area contributed by atoms with Crippen LogP contribution < -0.4 is 5.73 Å². The molecule has 0 aliphatic rings. The Bertz CT molecular complexity index is 615. The predicted octanol–water partition coefficient (Wildman–Crippen LogP) is 4.50. The molecule has 2 nitrogen and oxygen atoms in total. The molecule has 0 saturated heterocycles. The molecular weight excluding hydrogens is 321 g/mol. The van der Waals surface area contributed by atoms with E-state index >= 15 is 0 Å². The summed E-state index contributed by atoms with van der Waals surface area (Å²) in [6.07, 6.45) is -3.53. The van der Waals surface area contributed by atoms with E-state index in [0.29, 0.717) is 22.3 Å². The van der Waals surface area contributed by atoms with Gasteiger partial charge in [0.05, 0.1) is 10.6 Å². The van der Waals surface area contributed by atoms with Gasteiger partial charge < -0.3 is 5.73 Å². The van der Waals surface area contributed by atoms with Crippen molar-refractivity contribution in [1.82, 2.24) is 4.98 Å². The monoisotopic (exact) mass is 332 g/mol. The summed E-state index contributed by atoms with van der Waals surface area (Å²) in [6, 6.07) is 7.91. The number of hydrogen-bond donors (Lipinski definition) is 1. The lowest BCUT2D eigenvalue weighted by Crippen LogP contribution is -2.05. The average molecular weight is 333 g/mol. The third kappa shape index (κ3) is 4.36. The van der Waals surface area contributed by atoms with Gasteiger partial charge in [0.15, 0.2) is 0 Å². The second-order valence-electron chi connectivity index (χ2n) is 4.30. The molecule has 0 bridgehead atoms. The van der Waals surface area contributed by atoms with Crippen molar-refractivity contribution in [2.24, 2.45) is 5.73 Å². The lowest BCUT2D eigenvalue weighted by molar-refractivity contribution is -0.137. The quantitative estimate of drug-likeness (QED) is 0.837. The van der Waals surface area contributed by atoms with Gasteiger partial charge in [-0.2, -0.15) is 13.2 Å². The third-order valence-electron chi connectivity index (χ3n) is 2.79. The summed E-state index contributed by atoms with van der Waals surface area (Å²) in [6.45, 7) is 0.410. The van der Waals surface area contributed by atoms with Gasteiger partial charge in [-0.25, -0.2) is 4.98 Å². The van der Waals surface area contributed by atoms with Crippen LogP contribution in [0.25, 0.3) is 0 Å². The molecule has 0 radical (unpaired) electrons. The number of rotatable bonds is 4. The minimum atomic E-state index is -4.36. The predicted molar refractivity (Wildman–Crippen MR) is 78.1 cm³/mol. The first kappa shape index (κ1) is 16.1. The lowest BCUT2D eigenvalue weighted by Gasteiger charge is -2.08. The molecular formula is C14H12ClF3N2S. The maximum atomic E-state index is 12.4. The van der Waals surface area contributed by atoms with Gasteiger partial charge in [0, 0.05) is 23.5 Å². The fraction of sp³-hybridized carbons (Fsp3) is 0.214. The minimum Gasteiger partial charge on any atom is -0.326 e. The molecule has 0 spiro atoms. The Morgan fingerprint density at radius 2 is 1.95 bits per heavy atom. The summed E-state index contributed by atoms with van der Waals surface area (Å²) in [5.41, 5.74) is 6.59. The number of thioether (sulfide) groups is 1. The normalized spacial score (nSPS) is 11.7. The number of aromatic nitrogens is 1. The van der Waals surface area contributed by atoms with E-state index in [2.05, 4.69) is 4.98 Å². The topological polar surface area (TPSA) is 38.9 Å². The third-order valence-corrected chi connectivity index (χ3v) is 4.14. The number of nitrogens with zero attached hydrogens (tertiary/aromatic N) is 1. The molecule has 0 amide bonds. The van der Waals surface area contributed by atoms with E-state index in [1.807, 2.05) is 12.1 Å². The molecule has 2 aromatic rings. The smallest absolute Gasteiger partial charge is 0.326 e. The number of pyridine rings is 1. The van der Waals surface area contributed by atoms with E-state index in [-0.39, 0.29) is 0 Å². The second-order valence-corrected chi connectivity index (χ2v) is 5.70. The first-order valence-corrected chi connectivity index (χ1v) is 7.40. The van der Waals surface area contributed by atoms with Crippen molar-refractivity contribution in [2.45, 2.75) is 23.5 Å². The van der Waals surface area contributed by atoms with E-state index < -0.39 is 11.7 Å². The largest absolute Gasteiger partial charge is 0.417 e. The van der Waals surface area contributed by atoms with Crippen molar-refractivity contribution in [3.8, 4) is 0 Å². The summed E-state index contributed by atoms with van der Waals surface area (Å²) in [5, 5.41) is 1.11. The van der Waals surface area contributed by atoms with Gasteiger partial charge in [0.2, 0.25) is 0 Å². The molecule has 0 fully saturated rings. The minimum absolute atomic E-state index is 0.410. The van der Waals surface area contributed by atoms with Crippen molar-refractivity contribution in [3.63, 3.8) is 0 Å². The average Bonchev–Trinajstić information content (AvgIpc) is 2.45. The lowest BCUT2D eigenvalue weighted by atomic mass is 10.1. The standard InChI is InChI=1S/C14H12ClF3N2S/c15-12-5-9(6-19)1-2-10(12)8-21-13-4-3-11(7-20-13)14(16,17)18/h1-5,7H,6,8,19H2. The Morgan fingerprint density at radius 1 is 1.19 bits per heavy atom. The van der Waals surface area contributed by atoms with Gasteiger partial charge in [-0.1, -0.05) is 23.7 Å². The Morgan fingerprint density at radius 3 is 2.48 bits per heavy atom. The fourth-order valence-corrected chi connectivity index (χ4v) is 2.82. The first-order chi connectivity index (χ1) is 9.90. The zero-order chi connectivity index (χ0) is 15.5. The van der Waals surface area contributed by atoms with Crippen molar-refractivity contribution in [2.75, 3.05) is 0 Å². The van der Waals surface area contributed by atoms with Gasteiger partial charge in [-0.3, -0.25) is 0 Å². The zero-order valence-corrected chi connectivity index (χ0v) is 12.4. The molecule has 7 heteroatoms. The maximum Gasteiger partial charge on any atom is 0.417 e. The number of benzene rings is 1. The van der Waals surface area contributed by atoms with Crippen LogP contribution in [-0.2, 0) is 18.5 Å². The first-order valence-electron chi connectivity index (χ1n) is 6.03. The number of nitrogens with two attached hydrogens (primary N) is 1. The van der Waals surface area contributed by atoms with Crippen LogP contribution >= 0.6 is 23.4 Å². The Labute approximate surface area is 129 Å². The summed E-state index contributed by atoms with van der Waals surface area (Å²) in [7, 11) is 0. The highest BCUT2D eigenvalue weighted by Gasteiger charge is 2.30. The van der Waals surface area contributed by atoms with Crippen LogP contribution in [-0.4, -0.2) is 4.98 Å². The molecule has 0 atom stereocenters. The number of hydrogen-bond acceptors (Lipinski definition) is 3. The Balaban J connectivity index is 2.03. The van der Waals surface area contributed by atoms with Crippen molar-refractivity contribution in [3.05, 3.63) is 58.2 Å². The van der Waals surface area contributed by atoms with E-state index in [0.717, 1.165) is 23.4 Å². The molecule has 112 valence electrons. The van der Waals surface area contributed by atoms with Gasteiger partial charge >= 0.3 is 6.18 Å². The molecule has 1 heterocycles. The molecule has 0 aliphatic heterocycles. The Kier molecular flexibility index (Phi) is 5.13. The van der Waals surface area contributed by atoms with Gasteiger partial charge in [-0.05, 0) is 29.3 Å². The molecule has 2 N–H and O–H groups in total. The van der Waals surface area contributed by atoms with Gasteiger partial charge in [-0.15, -0.1) is 11.8 Å². The molecule has 0 unspecified atom stereocenters. The number of alkyl halides is 3. The molecule has 0 aliphatic carbocycles. The highest BCUT2D eigenvalue weighted by atomic mass is 35.5. The highest BCUT2D eigenvalue weighted by molar-refractivity contribution is 7.98. The van der Waals surface area contributed by atoms with Gasteiger partial charge in [0.1, 0.15) is 0 Å². The SMILES string of the molecule is NCc1ccc(CSc2ccc(C(F)(F)F)cn2)c(Cl)c1. The maximum absolute atomic E-state index is 12.4. The van der Waals surface area contributed by atoms with Crippen LogP contribution in [0.15, 0.2) is 41.6 Å². The zero-order valence-electron chi connectivity index (χ0n) is 10.8. The van der Waals surface area contributed by atoms with Crippen molar-refractivity contribution < 1.29 is 13.2 Å². The van der Waals surface area contributed by atoms with Gasteiger partial charge in [0.25, 0.3) is 0 Å². The van der Waals surface area contributed by atoms with Crippen molar-refractivity contribution in [1.29, 1.82) is 0 Å². The molecule has 1 aromatic carbocycles. The molecule has 1 aromatic heterocycles. The van der Waals surface area contributed by atoms with Crippen LogP contribution in [0.1, 0.15) is 16.7 Å². The number of halogens is 4. The van der Waals surface area contributed by atoms with Crippen LogP contribution in [0.4, 0.5) is 13.2 Å². The molecule has 0 saturated carbocycles. The molecule has 2 rings (SSSR count).